The van der Waals surface area contributed by atoms with Crippen LogP contribution in [0, 0.1) is 5.41 Å². The highest BCUT2D eigenvalue weighted by Crippen LogP contribution is 2.45. The number of aliphatic carboxylic acids is 1. The molecule has 0 bridgehead atoms. The minimum atomic E-state index is -0.981. The number of hydrogen-bond acceptors (Lipinski definition) is 3. The fourth-order valence-electron chi connectivity index (χ4n) is 3.50. The number of carbonyl (C=O) groups excluding carboxylic acids is 2. The van der Waals surface area contributed by atoms with Crippen LogP contribution >= 0.6 is 0 Å². The molecule has 1 heterocycles. The van der Waals surface area contributed by atoms with Gasteiger partial charge in [0.15, 0.2) is 0 Å². The number of carboxylic acids is 1. The molecule has 1 saturated carbocycles. The molecule has 1 aliphatic carbocycles. The first-order chi connectivity index (χ1) is 8.93. The highest BCUT2D eigenvalue weighted by atomic mass is 16.4. The number of nitrogens with zero attached hydrogens (tertiary/aromatic N) is 1. The monoisotopic (exact) mass is 267 g/mol. The molecule has 0 aromatic carbocycles. The van der Waals surface area contributed by atoms with Crippen molar-refractivity contribution in [3.05, 3.63) is 0 Å². The van der Waals surface area contributed by atoms with Gasteiger partial charge >= 0.3 is 5.97 Å². The minimum absolute atomic E-state index is 0.133. The Morgan fingerprint density at radius 3 is 2.21 bits per heavy atom. The van der Waals surface area contributed by atoms with Gasteiger partial charge in [0.1, 0.15) is 0 Å². The van der Waals surface area contributed by atoms with Crippen LogP contribution in [0.4, 0.5) is 0 Å². The van der Waals surface area contributed by atoms with E-state index in [1.54, 1.807) is 6.92 Å². The number of amides is 2. The second kappa shape index (κ2) is 5.31. The lowest BCUT2D eigenvalue weighted by atomic mass is 9.67. The second-order valence-electron chi connectivity index (χ2n) is 6.02. The highest BCUT2D eigenvalue weighted by Gasteiger charge is 2.45. The third-order valence-electron chi connectivity index (χ3n) is 4.41. The summed E-state index contributed by atoms with van der Waals surface area (Å²) in [6.07, 6.45) is 5.90. The number of rotatable bonds is 3. The Morgan fingerprint density at radius 1 is 1.21 bits per heavy atom. The largest absolute Gasteiger partial charge is 0.481 e. The maximum atomic E-state index is 12.2. The normalized spacial score (nSPS) is 24.6. The van der Waals surface area contributed by atoms with E-state index in [0.29, 0.717) is 12.8 Å². The van der Waals surface area contributed by atoms with Crippen LogP contribution in [-0.2, 0) is 14.4 Å². The molecule has 2 rings (SSSR count). The summed E-state index contributed by atoms with van der Waals surface area (Å²) in [7, 11) is 0. The van der Waals surface area contributed by atoms with E-state index in [2.05, 4.69) is 0 Å². The van der Waals surface area contributed by atoms with Crippen molar-refractivity contribution in [2.75, 3.05) is 0 Å². The summed E-state index contributed by atoms with van der Waals surface area (Å²) in [5, 5.41) is 8.78. The number of likely N-dealkylation sites (tertiary alicyclic amines) is 1. The smallest absolute Gasteiger partial charge is 0.305 e. The number of hydrogen-bond donors (Lipinski definition) is 1. The van der Waals surface area contributed by atoms with Crippen molar-refractivity contribution in [2.45, 2.75) is 64.3 Å². The Balaban J connectivity index is 2.08. The van der Waals surface area contributed by atoms with E-state index in [-0.39, 0.29) is 23.7 Å². The van der Waals surface area contributed by atoms with Crippen molar-refractivity contribution < 1.29 is 19.5 Å². The average molecular weight is 267 g/mol. The van der Waals surface area contributed by atoms with E-state index in [9.17, 15) is 14.4 Å². The van der Waals surface area contributed by atoms with Gasteiger partial charge < -0.3 is 5.11 Å². The molecule has 1 spiro atoms. The average Bonchev–Trinajstić information content (AvgIpc) is 2.27. The molecule has 5 nitrogen and oxygen atoms in total. The van der Waals surface area contributed by atoms with Gasteiger partial charge in [-0.05, 0) is 25.2 Å². The summed E-state index contributed by atoms with van der Waals surface area (Å²) in [6.45, 7) is 1.63. The van der Waals surface area contributed by atoms with E-state index >= 15 is 0 Å². The summed E-state index contributed by atoms with van der Waals surface area (Å²) >= 11 is 0. The zero-order valence-corrected chi connectivity index (χ0v) is 11.4. The molecule has 0 aromatic heterocycles. The van der Waals surface area contributed by atoms with Crippen LogP contribution in [0.15, 0.2) is 0 Å². The maximum absolute atomic E-state index is 12.2. The molecule has 1 unspecified atom stereocenters. The van der Waals surface area contributed by atoms with Gasteiger partial charge in [-0.25, -0.2) is 0 Å². The van der Waals surface area contributed by atoms with Gasteiger partial charge in [-0.1, -0.05) is 19.3 Å². The number of imide groups is 1. The van der Waals surface area contributed by atoms with Gasteiger partial charge in [0, 0.05) is 18.9 Å². The van der Waals surface area contributed by atoms with Crippen molar-refractivity contribution >= 4 is 17.8 Å². The molecule has 106 valence electrons. The molecule has 0 aromatic rings. The molecule has 2 fully saturated rings. The molecule has 1 saturated heterocycles. The first-order valence-corrected chi connectivity index (χ1v) is 7.00. The molecule has 19 heavy (non-hydrogen) atoms. The maximum Gasteiger partial charge on any atom is 0.305 e. The van der Waals surface area contributed by atoms with Crippen LogP contribution in [0.25, 0.3) is 0 Å². The molecule has 1 atom stereocenters. The summed E-state index contributed by atoms with van der Waals surface area (Å²) in [5.41, 5.74) is -0.133. The van der Waals surface area contributed by atoms with Crippen LogP contribution in [0.1, 0.15) is 58.3 Å². The Morgan fingerprint density at radius 2 is 1.74 bits per heavy atom. The molecule has 1 N–H and O–H groups in total. The molecule has 2 amide bonds. The van der Waals surface area contributed by atoms with Crippen LogP contribution < -0.4 is 0 Å². The lowest BCUT2D eigenvalue weighted by molar-refractivity contribution is -0.158. The number of carbonyl (C=O) groups is 3. The Bertz CT molecular complexity index is 378. The van der Waals surface area contributed by atoms with Gasteiger partial charge in [0.2, 0.25) is 11.8 Å². The minimum Gasteiger partial charge on any atom is -0.481 e. The molecular formula is C14H21NO4. The topological polar surface area (TPSA) is 74.7 Å². The summed E-state index contributed by atoms with van der Waals surface area (Å²) in [4.78, 5) is 36.3. The van der Waals surface area contributed by atoms with Crippen molar-refractivity contribution in [3.8, 4) is 0 Å². The van der Waals surface area contributed by atoms with E-state index in [4.69, 9.17) is 5.11 Å². The van der Waals surface area contributed by atoms with Crippen molar-refractivity contribution in [1.82, 2.24) is 4.90 Å². The third kappa shape index (κ3) is 2.96. The molecule has 0 radical (unpaired) electrons. The van der Waals surface area contributed by atoms with E-state index in [0.717, 1.165) is 25.7 Å². The summed E-state index contributed by atoms with van der Waals surface area (Å²) in [5.74, 6) is -1.36. The zero-order valence-electron chi connectivity index (χ0n) is 11.4. The lowest BCUT2D eigenvalue weighted by Crippen LogP contribution is -2.52. The highest BCUT2D eigenvalue weighted by molar-refractivity contribution is 5.99. The van der Waals surface area contributed by atoms with Gasteiger partial charge in [0.05, 0.1) is 6.42 Å². The van der Waals surface area contributed by atoms with E-state index in [1.807, 2.05) is 0 Å². The SMILES string of the molecule is CC(CC(=O)O)N1C(=O)CC2(CCCCC2)CC1=O. The van der Waals surface area contributed by atoms with Crippen LogP contribution in [0.3, 0.4) is 0 Å². The third-order valence-corrected chi connectivity index (χ3v) is 4.41. The quantitative estimate of drug-likeness (QED) is 0.793. The Hall–Kier alpha value is -1.39. The molecular weight excluding hydrogens is 246 g/mol. The second-order valence-corrected chi connectivity index (χ2v) is 6.02. The fourth-order valence-corrected chi connectivity index (χ4v) is 3.50. The lowest BCUT2D eigenvalue weighted by Gasteiger charge is -2.43. The van der Waals surface area contributed by atoms with E-state index < -0.39 is 12.0 Å². The summed E-state index contributed by atoms with van der Waals surface area (Å²) < 4.78 is 0. The first kappa shape index (κ1) is 14.0. The van der Waals surface area contributed by atoms with Gasteiger partial charge in [0.25, 0.3) is 0 Å². The van der Waals surface area contributed by atoms with Crippen molar-refractivity contribution in [1.29, 1.82) is 0 Å². The van der Waals surface area contributed by atoms with Gasteiger partial charge in [-0.3, -0.25) is 19.3 Å². The fraction of sp³-hybridized carbons (Fsp3) is 0.786. The zero-order chi connectivity index (χ0) is 14.0. The summed E-state index contributed by atoms with van der Waals surface area (Å²) in [6, 6.07) is -0.543. The van der Waals surface area contributed by atoms with Crippen molar-refractivity contribution in [2.24, 2.45) is 5.41 Å². The van der Waals surface area contributed by atoms with Crippen LogP contribution in [-0.4, -0.2) is 33.8 Å². The predicted molar refractivity (Wildman–Crippen MR) is 68.3 cm³/mol. The van der Waals surface area contributed by atoms with Crippen LogP contribution in [0.5, 0.6) is 0 Å². The van der Waals surface area contributed by atoms with Gasteiger partial charge in [-0.15, -0.1) is 0 Å². The van der Waals surface area contributed by atoms with E-state index in [1.165, 1.54) is 11.3 Å². The Labute approximate surface area is 113 Å². The molecule has 5 heteroatoms. The standard InChI is InChI=1S/C14H21NO4/c1-10(7-13(18)19)15-11(16)8-14(9-12(15)17)5-3-2-4-6-14/h10H,2-9H2,1H3,(H,18,19). The molecule has 1 aliphatic heterocycles. The van der Waals surface area contributed by atoms with Gasteiger partial charge in [-0.2, -0.15) is 0 Å². The van der Waals surface area contributed by atoms with Crippen LogP contribution in [0.2, 0.25) is 0 Å². The first-order valence-electron chi connectivity index (χ1n) is 7.00. The predicted octanol–water partition coefficient (Wildman–Crippen LogP) is 1.95. The molecule has 2 aliphatic rings. The number of carboxylic acid groups (broad SMARTS) is 1. The van der Waals surface area contributed by atoms with Crippen molar-refractivity contribution in [3.63, 3.8) is 0 Å². The Kier molecular flexibility index (Phi) is 3.92. The number of piperidine rings is 1.